The van der Waals surface area contributed by atoms with E-state index < -0.39 is 17.3 Å². The molecule has 1 aromatic rings. The molecule has 0 aliphatic heterocycles. The van der Waals surface area contributed by atoms with Crippen molar-refractivity contribution >= 4 is 11.9 Å². The SMILES string of the molecule is CNC(=O)C(C)(Cc1ccc(C)cc1)C(=O)O. The van der Waals surface area contributed by atoms with Gasteiger partial charge in [-0.15, -0.1) is 0 Å². The van der Waals surface area contributed by atoms with Crippen LogP contribution in [-0.2, 0) is 16.0 Å². The van der Waals surface area contributed by atoms with E-state index in [1.54, 1.807) is 0 Å². The Hall–Kier alpha value is -1.84. The molecule has 4 nitrogen and oxygen atoms in total. The van der Waals surface area contributed by atoms with Crippen molar-refractivity contribution < 1.29 is 14.7 Å². The van der Waals surface area contributed by atoms with Crippen molar-refractivity contribution in [2.24, 2.45) is 5.41 Å². The molecule has 1 rings (SSSR count). The summed E-state index contributed by atoms with van der Waals surface area (Å²) < 4.78 is 0. The third kappa shape index (κ3) is 2.84. The van der Waals surface area contributed by atoms with Crippen molar-refractivity contribution in [2.75, 3.05) is 7.05 Å². The second-order valence-electron chi connectivity index (χ2n) is 4.38. The summed E-state index contributed by atoms with van der Waals surface area (Å²) >= 11 is 0. The first-order chi connectivity index (χ1) is 7.90. The Morgan fingerprint density at radius 1 is 1.29 bits per heavy atom. The Kier molecular flexibility index (Phi) is 3.89. The summed E-state index contributed by atoms with van der Waals surface area (Å²) in [6.07, 6.45) is 0.183. The lowest BCUT2D eigenvalue weighted by atomic mass is 9.82. The maximum absolute atomic E-state index is 11.7. The predicted molar refractivity (Wildman–Crippen MR) is 64.7 cm³/mol. The average molecular weight is 235 g/mol. The molecule has 0 fully saturated rings. The van der Waals surface area contributed by atoms with Crippen LogP contribution < -0.4 is 5.32 Å². The number of benzene rings is 1. The molecule has 0 spiro atoms. The van der Waals surface area contributed by atoms with E-state index in [9.17, 15) is 14.7 Å². The molecule has 0 radical (unpaired) electrons. The minimum Gasteiger partial charge on any atom is -0.480 e. The molecule has 1 unspecified atom stereocenters. The van der Waals surface area contributed by atoms with E-state index in [0.717, 1.165) is 11.1 Å². The number of carbonyl (C=O) groups is 2. The molecule has 0 saturated carbocycles. The molecule has 1 atom stereocenters. The Labute approximate surface area is 101 Å². The number of aliphatic carboxylic acids is 1. The zero-order valence-electron chi connectivity index (χ0n) is 10.3. The first kappa shape index (κ1) is 13.2. The molecular formula is C13H17NO3. The van der Waals surface area contributed by atoms with Crippen LogP contribution in [0.25, 0.3) is 0 Å². The second kappa shape index (κ2) is 4.99. The second-order valence-corrected chi connectivity index (χ2v) is 4.38. The van der Waals surface area contributed by atoms with Crippen LogP contribution in [0.2, 0.25) is 0 Å². The van der Waals surface area contributed by atoms with Gasteiger partial charge in [0.15, 0.2) is 0 Å². The van der Waals surface area contributed by atoms with Crippen molar-refractivity contribution in [2.45, 2.75) is 20.3 Å². The fraction of sp³-hybridized carbons (Fsp3) is 0.385. The number of nitrogens with one attached hydrogen (secondary N) is 1. The molecule has 92 valence electrons. The number of carbonyl (C=O) groups excluding carboxylic acids is 1. The fourth-order valence-electron chi connectivity index (χ4n) is 1.64. The molecule has 0 aromatic heterocycles. The molecule has 1 amide bonds. The number of hydrogen-bond donors (Lipinski definition) is 2. The number of carboxylic acid groups (broad SMARTS) is 1. The highest BCUT2D eigenvalue weighted by Crippen LogP contribution is 2.23. The van der Waals surface area contributed by atoms with E-state index in [0.29, 0.717) is 0 Å². The highest BCUT2D eigenvalue weighted by molar-refractivity contribution is 6.01. The Balaban J connectivity index is 2.99. The summed E-state index contributed by atoms with van der Waals surface area (Å²) in [7, 11) is 1.44. The molecular weight excluding hydrogens is 218 g/mol. The molecule has 0 bridgehead atoms. The number of hydrogen-bond acceptors (Lipinski definition) is 2. The fourth-order valence-corrected chi connectivity index (χ4v) is 1.64. The van der Waals surface area contributed by atoms with Gasteiger partial charge in [-0.2, -0.15) is 0 Å². The van der Waals surface area contributed by atoms with Crippen LogP contribution in [-0.4, -0.2) is 24.0 Å². The summed E-state index contributed by atoms with van der Waals surface area (Å²) in [4.78, 5) is 22.9. The maximum Gasteiger partial charge on any atom is 0.319 e. The van der Waals surface area contributed by atoms with Crippen LogP contribution in [0, 0.1) is 12.3 Å². The van der Waals surface area contributed by atoms with Gasteiger partial charge in [-0.3, -0.25) is 9.59 Å². The summed E-state index contributed by atoms with van der Waals surface area (Å²) in [6.45, 7) is 3.40. The van der Waals surface area contributed by atoms with Crippen LogP contribution in [0.15, 0.2) is 24.3 Å². The van der Waals surface area contributed by atoms with Gasteiger partial charge in [0.2, 0.25) is 5.91 Å². The van der Waals surface area contributed by atoms with Gasteiger partial charge in [-0.1, -0.05) is 29.8 Å². The quantitative estimate of drug-likeness (QED) is 0.775. The molecule has 0 saturated heterocycles. The van der Waals surface area contributed by atoms with Gasteiger partial charge in [0.05, 0.1) is 0 Å². The van der Waals surface area contributed by atoms with E-state index in [1.165, 1.54) is 14.0 Å². The maximum atomic E-state index is 11.7. The Morgan fingerprint density at radius 2 is 1.82 bits per heavy atom. The molecule has 0 heterocycles. The summed E-state index contributed by atoms with van der Waals surface area (Å²) in [5.74, 6) is -1.59. The van der Waals surface area contributed by atoms with Gasteiger partial charge in [0.25, 0.3) is 0 Å². The molecule has 0 aliphatic carbocycles. The van der Waals surface area contributed by atoms with E-state index in [1.807, 2.05) is 31.2 Å². The average Bonchev–Trinajstić information content (AvgIpc) is 2.30. The largest absolute Gasteiger partial charge is 0.480 e. The third-order valence-corrected chi connectivity index (χ3v) is 2.88. The van der Waals surface area contributed by atoms with Crippen molar-refractivity contribution in [1.82, 2.24) is 5.32 Å². The van der Waals surface area contributed by atoms with Crippen LogP contribution in [0.5, 0.6) is 0 Å². The van der Waals surface area contributed by atoms with Gasteiger partial charge in [-0.25, -0.2) is 0 Å². The first-order valence-electron chi connectivity index (χ1n) is 5.41. The van der Waals surface area contributed by atoms with E-state index in [4.69, 9.17) is 0 Å². The lowest BCUT2D eigenvalue weighted by molar-refractivity contribution is -0.154. The van der Waals surface area contributed by atoms with Gasteiger partial charge in [-0.05, 0) is 25.8 Å². The molecule has 0 aliphatic rings. The topological polar surface area (TPSA) is 66.4 Å². The molecule has 2 N–H and O–H groups in total. The lowest BCUT2D eigenvalue weighted by Gasteiger charge is -2.22. The predicted octanol–water partition coefficient (Wildman–Crippen LogP) is 1.37. The Bertz CT molecular complexity index is 425. The summed E-state index contributed by atoms with van der Waals surface area (Å²) in [5, 5.41) is 11.6. The monoisotopic (exact) mass is 235 g/mol. The van der Waals surface area contributed by atoms with E-state index in [2.05, 4.69) is 5.32 Å². The normalized spacial score (nSPS) is 13.8. The minimum atomic E-state index is -1.43. The van der Waals surface area contributed by atoms with Crippen molar-refractivity contribution in [3.05, 3.63) is 35.4 Å². The molecule has 17 heavy (non-hydrogen) atoms. The van der Waals surface area contributed by atoms with Crippen molar-refractivity contribution in [1.29, 1.82) is 0 Å². The van der Waals surface area contributed by atoms with Gasteiger partial charge in [0.1, 0.15) is 5.41 Å². The number of carboxylic acids is 1. The van der Waals surface area contributed by atoms with Gasteiger partial charge in [0, 0.05) is 7.05 Å². The van der Waals surface area contributed by atoms with Crippen LogP contribution in [0.4, 0.5) is 0 Å². The molecule has 4 heteroatoms. The third-order valence-electron chi connectivity index (χ3n) is 2.88. The van der Waals surface area contributed by atoms with E-state index >= 15 is 0 Å². The van der Waals surface area contributed by atoms with Crippen LogP contribution >= 0.6 is 0 Å². The number of rotatable bonds is 4. The number of amides is 1. The lowest BCUT2D eigenvalue weighted by Crippen LogP contribution is -2.44. The van der Waals surface area contributed by atoms with Gasteiger partial charge < -0.3 is 10.4 Å². The van der Waals surface area contributed by atoms with E-state index in [-0.39, 0.29) is 6.42 Å². The minimum absolute atomic E-state index is 0.183. The first-order valence-corrected chi connectivity index (χ1v) is 5.41. The van der Waals surface area contributed by atoms with Crippen molar-refractivity contribution in [3.63, 3.8) is 0 Å². The highest BCUT2D eigenvalue weighted by atomic mass is 16.4. The highest BCUT2D eigenvalue weighted by Gasteiger charge is 2.40. The molecule has 1 aromatic carbocycles. The van der Waals surface area contributed by atoms with Crippen molar-refractivity contribution in [3.8, 4) is 0 Å². The van der Waals surface area contributed by atoms with Crippen LogP contribution in [0.3, 0.4) is 0 Å². The van der Waals surface area contributed by atoms with Gasteiger partial charge >= 0.3 is 5.97 Å². The standard InChI is InChI=1S/C13H17NO3/c1-9-4-6-10(7-5-9)8-13(2,12(16)17)11(15)14-3/h4-7H,8H2,1-3H3,(H,14,15)(H,16,17). The zero-order chi connectivity index (χ0) is 13.1. The van der Waals surface area contributed by atoms with Crippen LogP contribution in [0.1, 0.15) is 18.1 Å². The summed E-state index contributed by atoms with van der Waals surface area (Å²) in [6, 6.07) is 7.50. The smallest absolute Gasteiger partial charge is 0.319 e. The number of aryl methyl sites for hydroxylation is 1. The zero-order valence-corrected chi connectivity index (χ0v) is 10.3. The Morgan fingerprint density at radius 3 is 2.24 bits per heavy atom. The summed E-state index contributed by atoms with van der Waals surface area (Å²) in [5.41, 5.74) is 0.513.